The molecule has 0 rings (SSSR count). The van der Waals surface area contributed by atoms with Gasteiger partial charge in [0.15, 0.2) is 0 Å². The van der Waals surface area contributed by atoms with Gasteiger partial charge in [-0.15, -0.1) is 0 Å². The van der Waals surface area contributed by atoms with Crippen molar-refractivity contribution in [3.05, 3.63) is 0 Å². The molecule has 0 bridgehead atoms. The second-order valence-electron chi connectivity index (χ2n) is 3.36. The normalized spacial score (nSPS) is 17.7. The Morgan fingerprint density at radius 2 is 2.00 bits per heavy atom. The maximum absolute atomic E-state index is 11.3. The molecule has 2 atom stereocenters. The quantitative estimate of drug-likeness (QED) is 0.508. The lowest BCUT2D eigenvalue weighted by Crippen LogP contribution is -2.07. The van der Waals surface area contributed by atoms with Crippen LogP contribution in [0.25, 0.3) is 0 Å². The Kier molecular flexibility index (Phi) is 7.47. The van der Waals surface area contributed by atoms with Crippen LogP contribution in [0.3, 0.4) is 0 Å². The number of hydrogen-bond acceptors (Lipinski definition) is 3. The summed E-state index contributed by atoms with van der Waals surface area (Å²) in [6, 6.07) is 0. The Morgan fingerprint density at radius 1 is 1.36 bits per heavy atom. The van der Waals surface area contributed by atoms with Gasteiger partial charge in [-0.05, 0) is 19.8 Å². The van der Waals surface area contributed by atoms with Crippen LogP contribution in [-0.2, 0) is 13.6 Å². The van der Waals surface area contributed by atoms with Crippen LogP contribution in [0.5, 0.6) is 0 Å². The van der Waals surface area contributed by atoms with Gasteiger partial charge in [0.25, 0.3) is 0 Å². The van der Waals surface area contributed by atoms with Crippen LogP contribution in [0.1, 0.15) is 46.5 Å². The number of phosphoric acid groups is 1. The highest BCUT2D eigenvalue weighted by Gasteiger charge is 2.23. The molecule has 14 heavy (non-hydrogen) atoms. The first kappa shape index (κ1) is 14.1. The lowest BCUT2D eigenvalue weighted by molar-refractivity contribution is 0.107. The summed E-state index contributed by atoms with van der Waals surface area (Å²) in [5.41, 5.74) is 0. The van der Waals surface area contributed by atoms with Crippen LogP contribution >= 0.6 is 7.82 Å². The molecule has 0 aromatic carbocycles. The molecule has 1 N–H and O–H groups in total. The summed E-state index contributed by atoms with van der Waals surface area (Å²) in [4.78, 5) is 9.25. The minimum absolute atomic E-state index is 0.225. The molecule has 0 aliphatic heterocycles. The van der Waals surface area contributed by atoms with Gasteiger partial charge in [0, 0.05) is 0 Å². The third-order valence-corrected chi connectivity index (χ3v) is 2.90. The van der Waals surface area contributed by atoms with Crippen LogP contribution in [0, 0.1) is 0 Å². The summed E-state index contributed by atoms with van der Waals surface area (Å²) in [6.07, 6.45) is 3.18. The van der Waals surface area contributed by atoms with Gasteiger partial charge in [-0.25, -0.2) is 4.57 Å². The van der Waals surface area contributed by atoms with E-state index in [0.717, 1.165) is 25.7 Å². The third kappa shape index (κ3) is 7.51. The van der Waals surface area contributed by atoms with E-state index < -0.39 is 7.82 Å². The summed E-state index contributed by atoms with van der Waals surface area (Å²) in [5, 5.41) is 0. The number of hydrogen-bond donors (Lipinski definition) is 1. The summed E-state index contributed by atoms with van der Waals surface area (Å²) >= 11 is 0. The molecular formula is C9H21O4P. The van der Waals surface area contributed by atoms with E-state index in [1.54, 1.807) is 6.92 Å². The first-order valence-electron chi connectivity index (χ1n) is 5.17. The maximum atomic E-state index is 11.3. The zero-order valence-corrected chi connectivity index (χ0v) is 10.1. The average Bonchev–Trinajstić information content (AvgIpc) is 2.03. The molecule has 0 aromatic heterocycles. The smallest absolute Gasteiger partial charge is 0.302 e. The van der Waals surface area contributed by atoms with Gasteiger partial charge >= 0.3 is 7.82 Å². The molecule has 0 heterocycles. The molecule has 0 amide bonds. The van der Waals surface area contributed by atoms with Crippen LogP contribution in [0.2, 0.25) is 0 Å². The predicted molar refractivity (Wildman–Crippen MR) is 56.1 cm³/mol. The molecule has 5 heteroatoms. The van der Waals surface area contributed by atoms with Crippen molar-refractivity contribution in [2.75, 3.05) is 6.61 Å². The van der Waals surface area contributed by atoms with Gasteiger partial charge in [-0.1, -0.05) is 26.7 Å². The third-order valence-electron chi connectivity index (χ3n) is 1.76. The van der Waals surface area contributed by atoms with Crippen molar-refractivity contribution in [1.82, 2.24) is 0 Å². The fourth-order valence-electron chi connectivity index (χ4n) is 1.04. The first-order chi connectivity index (χ1) is 6.52. The summed E-state index contributed by atoms with van der Waals surface area (Å²) in [6.45, 7) is 6.05. The fraction of sp³-hybridized carbons (Fsp3) is 1.00. The minimum atomic E-state index is -3.81. The van der Waals surface area contributed by atoms with Crippen LogP contribution in [0.4, 0.5) is 0 Å². The van der Waals surface area contributed by atoms with Crippen molar-refractivity contribution in [3.8, 4) is 0 Å². The zero-order valence-electron chi connectivity index (χ0n) is 9.23. The molecular weight excluding hydrogens is 203 g/mol. The monoisotopic (exact) mass is 224 g/mol. The van der Waals surface area contributed by atoms with Crippen molar-refractivity contribution < 1.29 is 18.5 Å². The molecule has 2 unspecified atom stereocenters. The van der Waals surface area contributed by atoms with E-state index in [4.69, 9.17) is 9.05 Å². The Labute approximate surface area is 86.2 Å². The maximum Gasteiger partial charge on any atom is 0.472 e. The van der Waals surface area contributed by atoms with E-state index in [0.29, 0.717) is 0 Å². The zero-order chi connectivity index (χ0) is 11.0. The number of phosphoric ester groups is 1. The van der Waals surface area contributed by atoms with Crippen molar-refractivity contribution in [1.29, 1.82) is 0 Å². The average molecular weight is 224 g/mol. The topological polar surface area (TPSA) is 55.8 Å². The number of unbranched alkanes of at least 4 members (excludes halogenated alkanes) is 1. The molecule has 0 fully saturated rings. The Balaban J connectivity index is 3.76. The highest BCUT2D eigenvalue weighted by Crippen LogP contribution is 2.45. The summed E-state index contributed by atoms with van der Waals surface area (Å²) < 4.78 is 21.0. The molecule has 0 radical (unpaired) electrons. The molecule has 0 saturated carbocycles. The van der Waals surface area contributed by atoms with Crippen LogP contribution < -0.4 is 0 Å². The fourth-order valence-corrected chi connectivity index (χ4v) is 2.02. The van der Waals surface area contributed by atoms with Crippen LogP contribution in [0.15, 0.2) is 0 Å². The Hall–Kier alpha value is 0.110. The Bertz CT molecular complexity index is 184. The standard InChI is InChI=1S/C9H21O4P/c1-4-6-8-12-14(10,11)13-9(3)7-5-2/h9H,4-8H2,1-3H3,(H,10,11). The van der Waals surface area contributed by atoms with E-state index in [1.807, 2.05) is 13.8 Å². The van der Waals surface area contributed by atoms with E-state index in [2.05, 4.69) is 0 Å². The van der Waals surface area contributed by atoms with E-state index >= 15 is 0 Å². The largest absolute Gasteiger partial charge is 0.472 e. The van der Waals surface area contributed by atoms with Crippen molar-refractivity contribution in [2.45, 2.75) is 52.6 Å². The number of rotatable bonds is 8. The van der Waals surface area contributed by atoms with Gasteiger partial charge in [-0.3, -0.25) is 9.05 Å². The highest BCUT2D eigenvalue weighted by molar-refractivity contribution is 7.47. The minimum Gasteiger partial charge on any atom is -0.302 e. The van der Waals surface area contributed by atoms with E-state index in [-0.39, 0.29) is 12.7 Å². The van der Waals surface area contributed by atoms with Gasteiger partial charge in [0.05, 0.1) is 12.7 Å². The molecule has 0 aliphatic rings. The van der Waals surface area contributed by atoms with Gasteiger partial charge in [-0.2, -0.15) is 0 Å². The molecule has 0 spiro atoms. The summed E-state index contributed by atoms with van der Waals surface area (Å²) in [7, 11) is -3.81. The molecule has 86 valence electrons. The predicted octanol–water partition coefficient (Wildman–Crippen LogP) is 3.11. The van der Waals surface area contributed by atoms with E-state index in [1.165, 1.54) is 0 Å². The molecule has 0 aromatic rings. The molecule has 0 aliphatic carbocycles. The highest BCUT2D eigenvalue weighted by atomic mass is 31.2. The Morgan fingerprint density at radius 3 is 2.50 bits per heavy atom. The first-order valence-corrected chi connectivity index (χ1v) is 6.67. The molecule has 4 nitrogen and oxygen atoms in total. The lowest BCUT2D eigenvalue weighted by Gasteiger charge is -2.16. The van der Waals surface area contributed by atoms with Crippen molar-refractivity contribution in [3.63, 3.8) is 0 Å². The van der Waals surface area contributed by atoms with E-state index in [9.17, 15) is 9.46 Å². The second-order valence-corrected chi connectivity index (χ2v) is 4.77. The SMILES string of the molecule is CCCCOP(=O)(O)OC(C)CCC. The van der Waals surface area contributed by atoms with Gasteiger partial charge in [0.2, 0.25) is 0 Å². The van der Waals surface area contributed by atoms with Crippen LogP contribution in [-0.4, -0.2) is 17.6 Å². The van der Waals surface area contributed by atoms with Gasteiger partial charge in [0.1, 0.15) is 0 Å². The van der Waals surface area contributed by atoms with Crippen molar-refractivity contribution in [2.24, 2.45) is 0 Å². The van der Waals surface area contributed by atoms with Gasteiger partial charge < -0.3 is 4.89 Å². The lowest BCUT2D eigenvalue weighted by atomic mass is 10.2. The van der Waals surface area contributed by atoms with Crippen molar-refractivity contribution >= 4 is 7.82 Å². The second kappa shape index (κ2) is 7.41. The summed E-state index contributed by atoms with van der Waals surface area (Å²) in [5.74, 6) is 0. The molecule has 0 saturated heterocycles.